The summed E-state index contributed by atoms with van der Waals surface area (Å²) in [7, 11) is 0. The third kappa shape index (κ3) is 2.30. The van der Waals surface area contributed by atoms with E-state index in [2.05, 4.69) is 24.2 Å². The first-order valence-corrected chi connectivity index (χ1v) is 5.04. The van der Waals surface area contributed by atoms with Crippen molar-refractivity contribution in [2.24, 2.45) is 16.8 Å². The molecule has 0 aromatic rings. The van der Waals surface area contributed by atoms with Gasteiger partial charge in [0.05, 0.1) is 6.04 Å². The topological polar surface area (TPSA) is 12.4 Å². The normalized spacial score (nSPS) is 33.8. The summed E-state index contributed by atoms with van der Waals surface area (Å²) in [4.78, 5) is 4.53. The summed E-state index contributed by atoms with van der Waals surface area (Å²) in [5, 5.41) is 0. The molecule has 72 valence electrons. The van der Waals surface area contributed by atoms with Crippen molar-refractivity contribution in [2.75, 3.05) is 0 Å². The van der Waals surface area contributed by atoms with E-state index in [1.54, 1.807) is 0 Å². The molecule has 0 bridgehead atoms. The molecule has 0 aromatic heterocycles. The van der Waals surface area contributed by atoms with Gasteiger partial charge in [0.15, 0.2) is 0 Å². The number of allylic oxidation sites excluding steroid dienone is 1. The quantitative estimate of drug-likeness (QED) is 0.462. The molecule has 13 heavy (non-hydrogen) atoms. The molecule has 1 nitrogen and oxygen atoms in total. The second kappa shape index (κ2) is 5.00. The average molecular weight is 177 g/mol. The maximum Gasteiger partial charge on any atom is 0.0589 e. The number of hydrogen-bond acceptors (Lipinski definition) is 1. The van der Waals surface area contributed by atoms with Crippen LogP contribution in [-0.4, -0.2) is 12.3 Å². The van der Waals surface area contributed by atoms with Crippen molar-refractivity contribution in [3.8, 4) is 0 Å². The molecule has 0 aliphatic heterocycles. The molecule has 1 aliphatic rings. The van der Waals surface area contributed by atoms with Gasteiger partial charge in [-0.3, -0.25) is 4.99 Å². The van der Waals surface area contributed by atoms with Crippen LogP contribution in [0.25, 0.3) is 0 Å². The van der Waals surface area contributed by atoms with Gasteiger partial charge >= 0.3 is 0 Å². The molecule has 3 atom stereocenters. The highest BCUT2D eigenvalue weighted by atomic mass is 14.8. The molecule has 0 heterocycles. The van der Waals surface area contributed by atoms with E-state index in [9.17, 15) is 0 Å². The van der Waals surface area contributed by atoms with Crippen LogP contribution in [0.3, 0.4) is 0 Å². The van der Waals surface area contributed by atoms with Crippen LogP contribution in [0.15, 0.2) is 30.3 Å². The van der Waals surface area contributed by atoms with Gasteiger partial charge in [-0.1, -0.05) is 12.2 Å². The van der Waals surface area contributed by atoms with Crippen LogP contribution in [-0.2, 0) is 0 Å². The lowest BCUT2D eigenvalue weighted by Gasteiger charge is -2.17. The Hall–Kier alpha value is -0.850. The molecule has 0 saturated heterocycles. The summed E-state index contributed by atoms with van der Waals surface area (Å²) in [5.74, 6) is 1.28. The molecule has 3 unspecified atom stereocenters. The zero-order valence-electron chi connectivity index (χ0n) is 8.45. The van der Waals surface area contributed by atoms with E-state index in [4.69, 9.17) is 0 Å². The summed E-state index contributed by atoms with van der Waals surface area (Å²) in [5.41, 5.74) is 0. The van der Waals surface area contributed by atoms with Gasteiger partial charge in [-0.2, -0.15) is 0 Å². The van der Waals surface area contributed by atoms with Crippen LogP contribution in [0.5, 0.6) is 0 Å². The van der Waals surface area contributed by atoms with Crippen molar-refractivity contribution in [1.29, 1.82) is 0 Å². The molecule has 1 rings (SSSR count). The number of nitrogens with zero attached hydrogens (tertiary/aromatic N) is 1. The summed E-state index contributed by atoms with van der Waals surface area (Å²) in [6.07, 6.45) is 9.58. The van der Waals surface area contributed by atoms with Gasteiger partial charge in [-0.15, -0.1) is 13.2 Å². The van der Waals surface area contributed by atoms with Crippen molar-refractivity contribution in [1.82, 2.24) is 0 Å². The summed E-state index contributed by atoms with van der Waals surface area (Å²) >= 11 is 0. The maximum absolute atomic E-state index is 4.53. The van der Waals surface area contributed by atoms with Crippen molar-refractivity contribution >= 4 is 6.21 Å². The van der Waals surface area contributed by atoms with E-state index in [0.717, 1.165) is 6.42 Å². The second-order valence-electron chi connectivity index (χ2n) is 3.66. The van der Waals surface area contributed by atoms with Crippen LogP contribution < -0.4 is 0 Å². The highest BCUT2D eigenvalue weighted by Gasteiger charge is 2.32. The first-order chi connectivity index (χ1) is 6.33. The Morgan fingerprint density at radius 3 is 2.69 bits per heavy atom. The molecule has 1 fully saturated rings. The van der Waals surface area contributed by atoms with Crippen LogP contribution in [0.1, 0.15) is 26.2 Å². The number of hydrogen-bond donors (Lipinski definition) is 0. The SMILES string of the molecule is C=CCC1CCC(C=C)C1/N=C\C. The van der Waals surface area contributed by atoms with Gasteiger partial charge in [0, 0.05) is 0 Å². The van der Waals surface area contributed by atoms with Gasteiger partial charge in [0.2, 0.25) is 0 Å². The second-order valence-corrected chi connectivity index (χ2v) is 3.66. The monoisotopic (exact) mass is 177 g/mol. The summed E-state index contributed by atoms with van der Waals surface area (Å²) < 4.78 is 0. The number of rotatable bonds is 4. The molecule has 1 saturated carbocycles. The Morgan fingerprint density at radius 2 is 2.15 bits per heavy atom. The van der Waals surface area contributed by atoms with Gasteiger partial charge in [-0.05, 0) is 44.2 Å². The molecule has 1 heteroatoms. The van der Waals surface area contributed by atoms with E-state index in [0.29, 0.717) is 17.9 Å². The Kier molecular flexibility index (Phi) is 3.94. The Morgan fingerprint density at radius 1 is 1.38 bits per heavy atom. The third-order valence-corrected chi connectivity index (χ3v) is 2.89. The molecule has 0 radical (unpaired) electrons. The Bertz CT molecular complexity index is 205. The standard InChI is InChI=1S/C12H19N/c1-4-7-11-9-8-10(5-2)12(11)13-6-3/h4-6,10-12H,1-2,7-9H2,3H3/b13-6-. The Balaban J connectivity index is 2.65. The fourth-order valence-electron chi connectivity index (χ4n) is 2.23. The fourth-order valence-corrected chi connectivity index (χ4v) is 2.23. The van der Waals surface area contributed by atoms with E-state index in [1.165, 1.54) is 12.8 Å². The van der Waals surface area contributed by atoms with Crippen molar-refractivity contribution < 1.29 is 0 Å². The largest absolute Gasteiger partial charge is 0.294 e. The first kappa shape index (κ1) is 10.2. The lowest BCUT2D eigenvalue weighted by atomic mass is 9.95. The van der Waals surface area contributed by atoms with Crippen LogP contribution in [0.2, 0.25) is 0 Å². The average Bonchev–Trinajstić information content (AvgIpc) is 2.50. The van der Waals surface area contributed by atoms with Crippen molar-refractivity contribution in [3.63, 3.8) is 0 Å². The van der Waals surface area contributed by atoms with Gasteiger partial charge in [0.25, 0.3) is 0 Å². The lowest BCUT2D eigenvalue weighted by molar-refractivity contribution is 0.458. The molecular weight excluding hydrogens is 158 g/mol. The molecular formula is C12H19N. The predicted octanol–water partition coefficient (Wildman–Crippen LogP) is 3.23. The molecule has 0 aromatic carbocycles. The van der Waals surface area contributed by atoms with E-state index < -0.39 is 0 Å². The molecule has 0 N–H and O–H groups in total. The van der Waals surface area contributed by atoms with Crippen LogP contribution in [0, 0.1) is 11.8 Å². The third-order valence-electron chi connectivity index (χ3n) is 2.89. The minimum atomic E-state index is 0.459. The van der Waals surface area contributed by atoms with Gasteiger partial charge in [0.1, 0.15) is 0 Å². The predicted molar refractivity (Wildman–Crippen MR) is 59.2 cm³/mol. The van der Waals surface area contributed by atoms with E-state index in [-0.39, 0.29) is 0 Å². The zero-order valence-corrected chi connectivity index (χ0v) is 8.45. The smallest absolute Gasteiger partial charge is 0.0589 e. The van der Waals surface area contributed by atoms with Crippen molar-refractivity contribution in [2.45, 2.75) is 32.2 Å². The summed E-state index contributed by atoms with van der Waals surface area (Å²) in [6.45, 7) is 9.65. The number of aliphatic imine (C=N–C) groups is 1. The summed E-state index contributed by atoms with van der Waals surface area (Å²) in [6, 6.07) is 0.459. The minimum absolute atomic E-state index is 0.459. The van der Waals surface area contributed by atoms with Gasteiger partial charge in [-0.25, -0.2) is 0 Å². The van der Waals surface area contributed by atoms with Crippen LogP contribution in [0.4, 0.5) is 0 Å². The molecule has 0 amide bonds. The Labute approximate surface area is 81.3 Å². The maximum atomic E-state index is 4.53. The highest BCUT2D eigenvalue weighted by Crippen LogP contribution is 2.36. The minimum Gasteiger partial charge on any atom is -0.294 e. The van der Waals surface area contributed by atoms with Gasteiger partial charge < -0.3 is 0 Å². The zero-order chi connectivity index (χ0) is 9.68. The lowest BCUT2D eigenvalue weighted by Crippen LogP contribution is -2.17. The van der Waals surface area contributed by atoms with Crippen molar-refractivity contribution in [3.05, 3.63) is 25.3 Å². The first-order valence-electron chi connectivity index (χ1n) is 5.04. The molecule has 1 aliphatic carbocycles. The van der Waals surface area contributed by atoms with E-state index >= 15 is 0 Å². The fraction of sp³-hybridized carbons (Fsp3) is 0.583. The van der Waals surface area contributed by atoms with E-state index in [1.807, 2.05) is 19.2 Å². The van der Waals surface area contributed by atoms with Crippen LogP contribution >= 0.6 is 0 Å². The highest BCUT2D eigenvalue weighted by molar-refractivity contribution is 5.53. The molecule has 0 spiro atoms.